The molecule has 1 amide bonds. The van der Waals surface area contributed by atoms with Gasteiger partial charge in [-0.05, 0) is 30.3 Å². The molecular weight excluding hydrogens is 282 g/mol. The maximum atomic E-state index is 12.0. The lowest BCUT2D eigenvalue weighted by Crippen LogP contribution is -2.22. The van der Waals surface area contributed by atoms with E-state index in [-0.39, 0.29) is 12.5 Å². The minimum Gasteiger partial charge on any atom is -0.461 e. The van der Waals surface area contributed by atoms with Crippen LogP contribution in [0.1, 0.15) is 21.6 Å². The van der Waals surface area contributed by atoms with Gasteiger partial charge < -0.3 is 14.3 Å². The van der Waals surface area contributed by atoms with Gasteiger partial charge in [-0.3, -0.25) is 4.79 Å². The summed E-state index contributed by atoms with van der Waals surface area (Å²) in [5.41, 5.74) is 1.44. The highest BCUT2D eigenvalue weighted by atomic mass is 16.5. The molecule has 0 aliphatic rings. The summed E-state index contributed by atoms with van der Waals surface area (Å²) in [7, 11) is 0. The fraction of sp³-hybridized carbons (Fsp3) is 0.0625. The summed E-state index contributed by atoms with van der Waals surface area (Å²) >= 11 is 0. The van der Waals surface area contributed by atoms with Crippen molar-refractivity contribution in [1.82, 2.24) is 10.5 Å². The van der Waals surface area contributed by atoms with Gasteiger partial charge in [0.1, 0.15) is 5.69 Å². The molecule has 0 bridgehead atoms. The minimum absolute atomic E-state index is 0.222. The first kappa shape index (κ1) is 13.6. The first-order valence-electron chi connectivity index (χ1n) is 6.54. The Balaban J connectivity index is 1.65. The summed E-state index contributed by atoms with van der Waals surface area (Å²) in [5, 5.41) is 15.4. The highest BCUT2D eigenvalue weighted by molar-refractivity contribution is 5.94. The Morgan fingerprint density at radius 2 is 2.14 bits per heavy atom. The van der Waals surface area contributed by atoms with Gasteiger partial charge in [-0.15, -0.1) is 0 Å². The average Bonchev–Trinajstić information content (AvgIpc) is 3.23. The summed E-state index contributed by atoms with van der Waals surface area (Å²) in [6.07, 6.45) is 1.54. The van der Waals surface area contributed by atoms with Crippen LogP contribution in [-0.4, -0.2) is 11.1 Å². The smallest absolute Gasteiger partial charge is 0.251 e. The summed E-state index contributed by atoms with van der Waals surface area (Å²) in [6, 6.07) is 13.7. The van der Waals surface area contributed by atoms with Gasteiger partial charge in [0.15, 0.2) is 5.76 Å². The highest BCUT2D eigenvalue weighted by Gasteiger charge is 2.11. The van der Waals surface area contributed by atoms with E-state index in [1.54, 1.807) is 42.7 Å². The number of rotatable bonds is 4. The van der Waals surface area contributed by atoms with Crippen LogP contribution < -0.4 is 5.32 Å². The third kappa shape index (κ3) is 2.88. The second kappa shape index (κ2) is 5.97. The number of nitriles is 1. The van der Waals surface area contributed by atoms with E-state index >= 15 is 0 Å². The molecule has 108 valence electrons. The number of carbonyl (C=O) groups is 1. The molecule has 2 aromatic heterocycles. The zero-order valence-electron chi connectivity index (χ0n) is 11.4. The molecule has 0 aliphatic heterocycles. The van der Waals surface area contributed by atoms with Crippen molar-refractivity contribution in [3.63, 3.8) is 0 Å². The minimum atomic E-state index is -0.278. The summed E-state index contributed by atoms with van der Waals surface area (Å²) in [6.45, 7) is 0.222. The molecule has 0 saturated carbocycles. The molecule has 0 aliphatic carbocycles. The van der Waals surface area contributed by atoms with Crippen LogP contribution in [-0.2, 0) is 6.54 Å². The van der Waals surface area contributed by atoms with Crippen molar-refractivity contribution in [2.45, 2.75) is 6.54 Å². The van der Waals surface area contributed by atoms with Crippen LogP contribution in [0.2, 0.25) is 0 Å². The molecule has 6 nitrogen and oxygen atoms in total. The second-order valence-corrected chi connectivity index (χ2v) is 4.54. The van der Waals surface area contributed by atoms with Crippen LogP contribution >= 0.6 is 0 Å². The summed E-state index contributed by atoms with van der Waals surface area (Å²) in [4.78, 5) is 12.0. The van der Waals surface area contributed by atoms with E-state index in [0.29, 0.717) is 28.3 Å². The monoisotopic (exact) mass is 293 g/mol. The number of nitrogens with zero attached hydrogens (tertiary/aromatic N) is 2. The van der Waals surface area contributed by atoms with Crippen LogP contribution in [0, 0.1) is 11.3 Å². The van der Waals surface area contributed by atoms with Gasteiger partial charge in [0, 0.05) is 11.6 Å². The number of nitrogens with one attached hydrogen (secondary N) is 1. The van der Waals surface area contributed by atoms with E-state index < -0.39 is 0 Å². The Bertz CT molecular complexity index is 828. The normalized spacial score (nSPS) is 10.1. The molecule has 0 unspecified atom stereocenters. The highest BCUT2D eigenvalue weighted by Crippen LogP contribution is 2.20. The molecule has 0 atom stereocenters. The molecule has 0 fully saturated rings. The Morgan fingerprint density at radius 3 is 2.91 bits per heavy atom. The van der Waals surface area contributed by atoms with E-state index in [0.717, 1.165) is 0 Å². The number of furan rings is 1. The second-order valence-electron chi connectivity index (χ2n) is 4.54. The molecule has 0 spiro atoms. The Morgan fingerprint density at radius 1 is 1.23 bits per heavy atom. The fourth-order valence-electron chi connectivity index (χ4n) is 1.93. The maximum absolute atomic E-state index is 12.0. The first-order valence-corrected chi connectivity index (χ1v) is 6.54. The van der Waals surface area contributed by atoms with Crippen LogP contribution in [0.4, 0.5) is 0 Å². The third-order valence-electron chi connectivity index (χ3n) is 3.01. The molecule has 1 aromatic carbocycles. The number of amides is 1. The molecule has 2 heterocycles. The van der Waals surface area contributed by atoms with Gasteiger partial charge in [0.25, 0.3) is 5.91 Å². The number of aromatic nitrogens is 1. The van der Waals surface area contributed by atoms with Crippen molar-refractivity contribution >= 4 is 5.91 Å². The topological polar surface area (TPSA) is 92.1 Å². The molecule has 3 rings (SSSR count). The summed E-state index contributed by atoms with van der Waals surface area (Å²) in [5.74, 6) is 0.798. The zero-order chi connectivity index (χ0) is 15.4. The van der Waals surface area contributed by atoms with Crippen molar-refractivity contribution in [1.29, 1.82) is 5.26 Å². The lowest BCUT2D eigenvalue weighted by atomic mass is 10.1. The van der Waals surface area contributed by atoms with E-state index in [4.69, 9.17) is 14.2 Å². The molecule has 1 N–H and O–H groups in total. The quantitative estimate of drug-likeness (QED) is 0.798. The van der Waals surface area contributed by atoms with E-state index in [1.807, 2.05) is 6.07 Å². The molecule has 3 aromatic rings. The lowest BCUT2D eigenvalue weighted by molar-refractivity contribution is 0.0950. The molecule has 0 radical (unpaired) electrons. The Hall–Kier alpha value is -3.33. The lowest BCUT2D eigenvalue weighted by Gasteiger charge is -2.02. The molecule has 6 heteroatoms. The van der Waals surface area contributed by atoms with Crippen molar-refractivity contribution < 1.29 is 13.7 Å². The fourth-order valence-corrected chi connectivity index (χ4v) is 1.93. The van der Waals surface area contributed by atoms with Crippen LogP contribution in [0.25, 0.3) is 11.5 Å². The first-order chi connectivity index (χ1) is 10.8. The van der Waals surface area contributed by atoms with Crippen molar-refractivity contribution in [3.05, 3.63) is 65.5 Å². The SMILES string of the molecule is N#Cc1cccc(C(=O)NCc2cc(-c3ccco3)on2)c1. The molecule has 0 saturated heterocycles. The van der Waals surface area contributed by atoms with Crippen LogP contribution in [0.15, 0.2) is 57.7 Å². The van der Waals surface area contributed by atoms with Gasteiger partial charge in [-0.1, -0.05) is 11.2 Å². The van der Waals surface area contributed by atoms with Crippen LogP contribution in [0.3, 0.4) is 0 Å². The number of carbonyl (C=O) groups excluding carboxylic acids is 1. The standard InChI is InChI=1S/C16H11N3O3/c17-9-11-3-1-4-12(7-11)16(20)18-10-13-8-15(22-19-13)14-5-2-6-21-14/h1-8H,10H2,(H,18,20). The predicted molar refractivity (Wildman–Crippen MR) is 76.5 cm³/mol. The number of hydrogen-bond donors (Lipinski definition) is 1. The van der Waals surface area contributed by atoms with Gasteiger partial charge >= 0.3 is 0 Å². The number of benzene rings is 1. The third-order valence-corrected chi connectivity index (χ3v) is 3.01. The molecular formula is C16H11N3O3. The van der Waals surface area contributed by atoms with E-state index in [1.165, 1.54) is 6.07 Å². The Labute approximate surface area is 126 Å². The van der Waals surface area contributed by atoms with Crippen molar-refractivity contribution in [2.24, 2.45) is 0 Å². The summed E-state index contributed by atoms with van der Waals surface area (Å²) < 4.78 is 10.3. The predicted octanol–water partition coefficient (Wildman–Crippen LogP) is 2.74. The average molecular weight is 293 g/mol. The number of hydrogen-bond acceptors (Lipinski definition) is 5. The Kier molecular flexibility index (Phi) is 3.70. The van der Waals surface area contributed by atoms with Gasteiger partial charge in [-0.25, -0.2) is 0 Å². The molecule has 22 heavy (non-hydrogen) atoms. The van der Waals surface area contributed by atoms with E-state index in [9.17, 15) is 4.79 Å². The van der Waals surface area contributed by atoms with Crippen molar-refractivity contribution in [3.8, 4) is 17.6 Å². The maximum Gasteiger partial charge on any atom is 0.251 e. The van der Waals surface area contributed by atoms with E-state index in [2.05, 4.69) is 10.5 Å². The van der Waals surface area contributed by atoms with Gasteiger partial charge in [0.05, 0.1) is 24.4 Å². The largest absolute Gasteiger partial charge is 0.461 e. The van der Waals surface area contributed by atoms with Gasteiger partial charge in [-0.2, -0.15) is 5.26 Å². The van der Waals surface area contributed by atoms with Crippen molar-refractivity contribution in [2.75, 3.05) is 0 Å². The zero-order valence-corrected chi connectivity index (χ0v) is 11.4. The van der Waals surface area contributed by atoms with Crippen LogP contribution in [0.5, 0.6) is 0 Å². The van der Waals surface area contributed by atoms with Gasteiger partial charge in [0.2, 0.25) is 5.76 Å².